The molecule has 1 rings (SSSR count). The van der Waals surface area contributed by atoms with Crippen molar-refractivity contribution in [3.05, 3.63) is 30.3 Å². The highest BCUT2D eigenvalue weighted by molar-refractivity contribution is 5.90. The molecule has 7 nitrogen and oxygen atoms in total. The second kappa shape index (κ2) is 11.0. The van der Waals surface area contributed by atoms with E-state index in [2.05, 4.69) is 9.47 Å². The number of hydrogen-bond donors (Lipinski definition) is 0. The molecule has 0 spiro atoms. The average molecular weight is 293 g/mol. The number of benzene rings is 1. The number of esters is 3. The van der Waals surface area contributed by atoms with Gasteiger partial charge in [-0.25, -0.2) is 0 Å². The lowest BCUT2D eigenvalue weighted by atomic mass is 10.3. The number of para-hydroxylation sites is 1. The minimum atomic E-state index is -0.582. The van der Waals surface area contributed by atoms with Crippen LogP contribution in [0.5, 0.6) is 5.75 Å². The smallest absolute Gasteiger partial charge is 0.325 e. The van der Waals surface area contributed by atoms with Gasteiger partial charge in [-0.2, -0.15) is 5.26 Å². The zero-order chi connectivity index (χ0) is 16.1. The Hall–Kier alpha value is -2.88. The van der Waals surface area contributed by atoms with E-state index in [1.165, 1.54) is 14.2 Å². The summed E-state index contributed by atoms with van der Waals surface area (Å²) in [6.07, 6.45) is -0.526. The molecule has 0 saturated carbocycles. The highest BCUT2D eigenvalue weighted by atomic mass is 16.5. The molecule has 0 heterocycles. The normalized spacial score (nSPS) is 8.43. The molecule has 0 N–H and O–H groups in total. The monoisotopic (exact) mass is 293 g/mol. The lowest BCUT2D eigenvalue weighted by Crippen LogP contribution is -2.09. The van der Waals surface area contributed by atoms with E-state index in [9.17, 15) is 14.4 Å². The largest absolute Gasteiger partial charge is 0.469 e. The molecule has 1 aromatic carbocycles. The minimum absolute atomic E-state index is 0.213. The van der Waals surface area contributed by atoms with Crippen molar-refractivity contribution in [3.8, 4) is 11.8 Å². The van der Waals surface area contributed by atoms with Crippen molar-refractivity contribution >= 4 is 17.9 Å². The van der Waals surface area contributed by atoms with Crippen LogP contribution < -0.4 is 4.74 Å². The van der Waals surface area contributed by atoms with Crippen LogP contribution in [-0.2, 0) is 23.9 Å². The summed E-state index contributed by atoms with van der Waals surface area (Å²) in [5.74, 6) is -1.22. The van der Waals surface area contributed by atoms with Crippen LogP contribution in [0, 0.1) is 11.3 Å². The predicted octanol–water partition coefficient (Wildman–Crippen LogP) is 1.23. The van der Waals surface area contributed by atoms with Crippen molar-refractivity contribution in [1.29, 1.82) is 5.26 Å². The fourth-order valence-electron chi connectivity index (χ4n) is 0.983. The summed E-state index contributed by atoms with van der Waals surface area (Å²) in [6, 6.07) is 10.4. The van der Waals surface area contributed by atoms with Crippen molar-refractivity contribution in [3.63, 3.8) is 0 Å². The van der Waals surface area contributed by atoms with E-state index < -0.39 is 17.9 Å². The number of nitrogens with zero attached hydrogens (tertiary/aromatic N) is 1. The standard InChI is InChI=1S/C9H7NO2.C5H8O4/c10-7-6-9(11)12-8-4-2-1-3-5-8;1-8-4(6)3-5(7)9-2/h1-5H,6H2;3H2,1-2H3. The first-order chi connectivity index (χ1) is 10.0. The number of ether oxygens (including phenoxy) is 3. The van der Waals surface area contributed by atoms with Gasteiger partial charge in [-0.05, 0) is 12.1 Å². The topological polar surface area (TPSA) is 103 Å². The zero-order valence-electron chi connectivity index (χ0n) is 11.7. The molecule has 0 aliphatic rings. The first kappa shape index (κ1) is 18.1. The second-order valence-corrected chi connectivity index (χ2v) is 3.45. The molecule has 0 bridgehead atoms. The Bertz CT molecular complexity index is 492. The maximum Gasteiger partial charge on any atom is 0.325 e. The van der Waals surface area contributed by atoms with Crippen molar-refractivity contribution in [2.45, 2.75) is 12.8 Å². The molecule has 0 fully saturated rings. The lowest BCUT2D eigenvalue weighted by Gasteiger charge is -1.99. The fraction of sp³-hybridized carbons (Fsp3) is 0.286. The van der Waals surface area contributed by atoms with Crippen LogP contribution in [0.1, 0.15) is 12.8 Å². The van der Waals surface area contributed by atoms with Gasteiger partial charge in [0.2, 0.25) is 0 Å². The highest BCUT2D eigenvalue weighted by Gasteiger charge is 2.07. The van der Waals surface area contributed by atoms with Crippen molar-refractivity contribution < 1.29 is 28.6 Å². The van der Waals surface area contributed by atoms with E-state index in [4.69, 9.17) is 10.00 Å². The third-order valence-corrected chi connectivity index (χ3v) is 1.94. The van der Waals surface area contributed by atoms with E-state index in [1.807, 2.05) is 6.07 Å². The molecular weight excluding hydrogens is 278 g/mol. The zero-order valence-corrected chi connectivity index (χ0v) is 11.7. The molecule has 0 aliphatic heterocycles. The summed E-state index contributed by atoms with van der Waals surface area (Å²) in [6.45, 7) is 0. The Kier molecular flexibility index (Phi) is 9.48. The predicted molar refractivity (Wildman–Crippen MR) is 71.0 cm³/mol. The number of nitriles is 1. The van der Waals surface area contributed by atoms with E-state index in [0.717, 1.165) is 0 Å². The van der Waals surface area contributed by atoms with Gasteiger partial charge in [-0.15, -0.1) is 0 Å². The van der Waals surface area contributed by atoms with Crippen LogP contribution in [0.15, 0.2) is 30.3 Å². The molecule has 0 atom stereocenters. The molecule has 0 aliphatic carbocycles. The van der Waals surface area contributed by atoms with Gasteiger partial charge in [0, 0.05) is 0 Å². The summed E-state index contributed by atoms with van der Waals surface area (Å²) >= 11 is 0. The molecule has 0 aromatic heterocycles. The van der Waals surface area contributed by atoms with Crippen LogP contribution in [0.2, 0.25) is 0 Å². The number of carbonyl (C=O) groups is 3. The van der Waals surface area contributed by atoms with Crippen molar-refractivity contribution in [2.24, 2.45) is 0 Å². The maximum atomic E-state index is 10.8. The van der Waals surface area contributed by atoms with E-state index >= 15 is 0 Å². The van der Waals surface area contributed by atoms with Gasteiger partial charge in [0.15, 0.2) is 0 Å². The van der Waals surface area contributed by atoms with Gasteiger partial charge >= 0.3 is 17.9 Å². The molecule has 7 heteroatoms. The maximum absolute atomic E-state index is 10.8. The van der Waals surface area contributed by atoms with Gasteiger partial charge in [0.05, 0.1) is 20.3 Å². The number of rotatable bonds is 4. The highest BCUT2D eigenvalue weighted by Crippen LogP contribution is 2.08. The molecule has 0 radical (unpaired) electrons. The first-order valence-electron chi connectivity index (χ1n) is 5.79. The molecule has 0 amide bonds. The SMILES string of the molecule is COC(=O)CC(=O)OC.N#CCC(=O)Oc1ccccc1. The Morgan fingerprint density at radius 2 is 1.52 bits per heavy atom. The van der Waals surface area contributed by atoms with Gasteiger partial charge in [0.1, 0.15) is 18.6 Å². The van der Waals surface area contributed by atoms with Crippen LogP contribution in [0.25, 0.3) is 0 Å². The third kappa shape index (κ3) is 9.67. The third-order valence-electron chi connectivity index (χ3n) is 1.94. The van der Waals surface area contributed by atoms with Crippen molar-refractivity contribution in [2.75, 3.05) is 14.2 Å². The van der Waals surface area contributed by atoms with Gasteiger partial charge < -0.3 is 14.2 Å². The minimum Gasteiger partial charge on any atom is -0.469 e. The quantitative estimate of drug-likeness (QED) is 0.467. The number of methoxy groups -OCH3 is 2. The first-order valence-corrected chi connectivity index (χ1v) is 5.79. The van der Waals surface area contributed by atoms with E-state index in [1.54, 1.807) is 30.3 Å². The second-order valence-electron chi connectivity index (χ2n) is 3.45. The Morgan fingerprint density at radius 1 is 1.00 bits per heavy atom. The molecule has 0 saturated heterocycles. The van der Waals surface area contributed by atoms with Crippen LogP contribution >= 0.6 is 0 Å². The molecule has 1 aromatic rings. The number of hydrogen-bond acceptors (Lipinski definition) is 7. The molecule has 0 unspecified atom stereocenters. The average Bonchev–Trinajstić information content (AvgIpc) is 2.48. The molecular formula is C14H15NO6. The number of carbonyl (C=O) groups excluding carboxylic acids is 3. The fourth-order valence-corrected chi connectivity index (χ4v) is 0.983. The Balaban J connectivity index is 0.000000400. The molecule has 21 heavy (non-hydrogen) atoms. The van der Waals surface area contributed by atoms with Gasteiger partial charge in [0.25, 0.3) is 0 Å². The lowest BCUT2D eigenvalue weighted by molar-refractivity contribution is -0.151. The summed E-state index contributed by atoms with van der Waals surface area (Å²) < 4.78 is 13.2. The van der Waals surface area contributed by atoms with Gasteiger partial charge in [-0.3, -0.25) is 14.4 Å². The van der Waals surface area contributed by atoms with Crippen LogP contribution in [0.3, 0.4) is 0 Å². The molecule has 112 valence electrons. The van der Waals surface area contributed by atoms with E-state index in [0.29, 0.717) is 5.75 Å². The summed E-state index contributed by atoms with van der Waals surface area (Å²) in [5.41, 5.74) is 0. The summed E-state index contributed by atoms with van der Waals surface area (Å²) in [4.78, 5) is 31.3. The Labute approximate surface area is 122 Å². The van der Waals surface area contributed by atoms with Crippen LogP contribution in [-0.4, -0.2) is 32.1 Å². The van der Waals surface area contributed by atoms with Crippen LogP contribution in [0.4, 0.5) is 0 Å². The van der Waals surface area contributed by atoms with Crippen molar-refractivity contribution in [1.82, 2.24) is 0 Å². The Morgan fingerprint density at radius 3 is 1.95 bits per heavy atom. The van der Waals surface area contributed by atoms with E-state index in [-0.39, 0.29) is 12.8 Å². The summed E-state index contributed by atoms with van der Waals surface area (Å²) in [5, 5.41) is 8.16. The summed E-state index contributed by atoms with van der Waals surface area (Å²) in [7, 11) is 2.43. The van der Waals surface area contributed by atoms with Gasteiger partial charge in [-0.1, -0.05) is 18.2 Å².